The van der Waals surface area contributed by atoms with E-state index in [0.29, 0.717) is 62.9 Å². The number of anilines is 1. The first kappa shape index (κ1) is 24.3. The minimum absolute atomic E-state index is 0.0252. The van der Waals surface area contributed by atoms with Crippen molar-refractivity contribution >= 4 is 37.9 Å². The SMILES string of the molecule is O=C(Nc1nnc(CN2CCOCC2)s1)C(=NO[C@@H]1CCOC1)c1ccc(S(=O)(=O)C2CC2)cc1. The van der Waals surface area contributed by atoms with Gasteiger partial charge in [0.2, 0.25) is 5.13 Å². The Labute approximate surface area is 207 Å². The Morgan fingerprint density at radius 1 is 1.11 bits per heavy atom. The van der Waals surface area contributed by atoms with E-state index >= 15 is 0 Å². The van der Waals surface area contributed by atoms with Gasteiger partial charge in [-0.05, 0) is 25.0 Å². The average Bonchev–Trinajstić information content (AvgIpc) is 3.45. The fourth-order valence-electron chi connectivity index (χ4n) is 3.80. The van der Waals surface area contributed by atoms with E-state index in [1.54, 1.807) is 12.1 Å². The van der Waals surface area contributed by atoms with Crippen LogP contribution in [0.4, 0.5) is 5.13 Å². The number of carbonyl (C=O) groups excluding carboxylic acids is 1. The van der Waals surface area contributed by atoms with E-state index in [2.05, 4.69) is 25.6 Å². The fraction of sp³-hybridized carbons (Fsp3) is 0.545. The van der Waals surface area contributed by atoms with Crippen LogP contribution in [-0.4, -0.2) is 86.0 Å². The van der Waals surface area contributed by atoms with Gasteiger partial charge in [0.15, 0.2) is 21.7 Å². The topological polar surface area (TPSA) is 132 Å². The normalized spacial score (nSPS) is 21.7. The molecule has 1 N–H and O–H groups in total. The molecule has 1 aromatic heterocycles. The van der Waals surface area contributed by atoms with Gasteiger partial charge in [-0.15, -0.1) is 10.2 Å². The van der Waals surface area contributed by atoms with Gasteiger partial charge in [-0.2, -0.15) is 0 Å². The van der Waals surface area contributed by atoms with Crippen molar-refractivity contribution in [2.75, 3.05) is 44.8 Å². The summed E-state index contributed by atoms with van der Waals surface area (Å²) in [6.07, 6.45) is 1.81. The van der Waals surface area contributed by atoms with Crippen molar-refractivity contribution in [2.45, 2.75) is 42.1 Å². The largest absolute Gasteiger partial charge is 0.389 e. The summed E-state index contributed by atoms with van der Waals surface area (Å²) in [5.74, 6) is -0.518. The molecule has 188 valence electrons. The summed E-state index contributed by atoms with van der Waals surface area (Å²) < 4.78 is 35.7. The molecule has 2 aliphatic heterocycles. The number of benzene rings is 1. The fourth-order valence-corrected chi connectivity index (χ4v) is 6.23. The van der Waals surface area contributed by atoms with Crippen molar-refractivity contribution in [1.82, 2.24) is 15.1 Å². The summed E-state index contributed by atoms with van der Waals surface area (Å²) in [7, 11) is -3.33. The second-order valence-electron chi connectivity index (χ2n) is 8.64. The van der Waals surface area contributed by atoms with E-state index in [1.807, 2.05) is 0 Å². The number of ether oxygens (including phenoxy) is 2. The summed E-state index contributed by atoms with van der Waals surface area (Å²) in [6, 6.07) is 6.17. The molecule has 3 aliphatic rings. The Morgan fingerprint density at radius 2 is 1.89 bits per heavy atom. The molecule has 2 aromatic rings. The van der Waals surface area contributed by atoms with Gasteiger partial charge < -0.3 is 14.3 Å². The third-order valence-electron chi connectivity index (χ3n) is 5.97. The Kier molecular flexibility index (Phi) is 7.39. The molecule has 0 spiro atoms. The lowest BCUT2D eigenvalue weighted by Crippen LogP contribution is -2.35. The Morgan fingerprint density at radius 3 is 2.57 bits per heavy atom. The van der Waals surface area contributed by atoms with E-state index in [-0.39, 0.29) is 22.0 Å². The van der Waals surface area contributed by atoms with Crippen LogP contribution in [0.15, 0.2) is 34.3 Å². The summed E-state index contributed by atoms with van der Waals surface area (Å²) in [5, 5.41) is 16.0. The van der Waals surface area contributed by atoms with Crippen molar-refractivity contribution in [3.63, 3.8) is 0 Å². The molecule has 2 saturated heterocycles. The number of amides is 1. The maximum Gasteiger partial charge on any atom is 0.280 e. The predicted octanol–water partition coefficient (Wildman–Crippen LogP) is 1.45. The standard InChI is InChI=1S/C22H27N5O6S2/c28-21(23-22-25-24-19(34-22)13-27-8-11-31-12-9-27)20(26-33-16-7-10-32-14-16)15-1-3-17(4-2-15)35(29,30)18-5-6-18/h1-4,16,18H,5-14H2,(H,23,25,28)/t16-/m1/s1. The lowest BCUT2D eigenvalue weighted by atomic mass is 10.1. The van der Waals surface area contributed by atoms with Crippen molar-refractivity contribution in [3.05, 3.63) is 34.8 Å². The summed E-state index contributed by atoms with van der Waals surface area (Å²) in [5.41, 5.74) is 0.464. The van der Waals surface area contributed by atoms with Gasteiger partial charge in [0.05, 0.1) is 43.1 Å². The minimum Gasteiger partial charge on any atom is -0.389 e. The van der Waals surface area contributed by atoms with Crippen LogP contribution in [0.2, 0.25) is 0 Å². The van der Waals surface area contributed by atoms with Gasteiger partial charge in [-0.3, -0.25) is 15.0 Å². The Balaban J connectivity index is 1.31. The second kappa shape index (κ2) is 10.7. The molecule has 1 aromatic carbocycles. The molecule has 35 heavy (non-hydrogen) atoms. The van der Waals surface area contributed by atoms with Crippen molar-refractivity contribution in [1.29, 1.82) is 0 Å². The quantitative estimate of drug-likeness (QED) is 0.385. The minimum atomic E-state index is -3.33. The monoisotopic (exact) mass is 521 g/mol. The third-order valence-corrected chi connectivity index (χ3v) is 9.07. The third kappa shape index (κ3) is 6.04. The summed E-state index contributed by atoms with van der Waals surface area (Å²) >= 11 is 1.30. The van der Waals surface area contributed by atoms with Crippen LogP contribution >= 0.6 is 11.3 Å². The first-order valence-corrected chi connectivity index (χ1v) is 13.9. The van der Waals surface area contributed by atoms with Gasteiger partial charge in [0, 0.05) is 25.1 Å². The van der Waals surface area contributed by atoms with Crippen molar-refractivity contribution in [2.24, 2.45) is 5.16 Å². The number of hydrogen-bond acceptors (Lipinski definition) is 11. The number of nitrogens with one attached hydrogen (secondary N) is 1. The van der Waals surface area contributed by atoms with Gasteiger partial charge >= 0.3 is 0 Å². The van der Waals surface area contributed by atoms with E-state index in [9.17, 15) is 13.2 Å². The van der Waals surface area contributed by atoms with Crippen LogP contribution in [0.25, 0.3) is 0 Å². The first-order valence-electron chi connectivity index (χ1n) is 11.6. The van der Waals surface area contributed by atoms with Gasteiger partial charge in [-0.1, -0.05) is 28.6 Å². The molecular weight excluding hydrogens is 494 g/mol. The molecule has 11 nitrogen and oxygen atoms in total. The highest BCUT2D eigenvalue weighted by Crippen LogP contribution is 2.33. The highest BCUT2D eigenvalue weighted by Gasteiger charge is 2.36. The lowest BCUT2D eigenvalue weighted by molar-refractivity contribution is -0.110. The molecule has 0 bridgehead atoms. The van der Waals surface area contributed by atoms with Crippen molar-refractivity contribution < 1.29 is 27.5 Å². The molecular formula is C22H27N5O6S2. The number of oxime groups is 1. The number of carbonyl (C=O) groups is 1. The van der Waals surface area contributed by atoms with E-state index < -0.39 is 15.7 Å². The maximum atomic E-state index is 13.2. The van der Waals surface area contributed by atoms with Crippen molar-refractivity contribution in [3.8, 4) is 0 Å². The second-order valence-corrected chi connectivity index (χ2v) is 11.9. The average molecular weight is 522 g/mol. The predicted molar refractivity (Wildman–Crippen MR) is 128 cm³/mol. The van der Waals surface area contributed by atoms with Crippen LogP contribution in [0.3, 0.4) is 0 Å². The molecule has 3 fully saturated rings. The zero-order valence-corrected chi connectivity index (χ0v) is 20.7. The van der Waals surface area contributed by atoms with Gasteiger partial charge in [-0.25, -0.2) is 8.42 Å². The Bertz CT molecular complexity index is 1170. The zero-order valence-electron chi connectivity index (χ0n) is 19.1. The van der Waals surface area contributed by atoms with Gasteiger partial charge in [0.1, 0.15) is 5.01 Å². The molecule has 1 saturated carbocycles. The number of rotatable bonds is 9. The molecule has 13 heteroatoms. The molecule has 1 amide bonds. The Hall–Kier alpha value is -2.45. The smallest absolute Gasteiger partial charge is 0.280 e. The van der Waals surface area contributed by atoms with Gasteiger partial charge in [0.25, 0.3) is 5.91 Å². The number of aromatic nitrogens is 2. The number of morpholine rings is 1. The van der Waals surface area contributed by atoms with Crippen LogP contribution in [0.5, 0.6) is 0 Å². The molecule has 0 unspecified atom stereocenters. The molecule has 1 atom stereocenters. The van der Waals surface area contributed by atoms with Crippen LogP contribution in [0.1, 0.15) is 29.8 Å². The molecule has 0 radical (unpaired) electrons. The van der Waals surface area contributed by atoms with E-state index in [0.717, 1.165) is 18.1 Å². The van der Waals surface area contributed by atoms with E-state index in [4.69, 9.17) is 14.3 Å². The lowest BCUT2D eigenvalue weighted by Gasteiger charge is -2.25. The van der Waals surface area contributed by atoms with Crippen LogP contribution in [-0.2, 0) is 35.5 Å². The summed E-state index contributed by atoms with van der Waals surface area (Å²) in [6.45, 7) is 4.65. The number of sulfone groups is 1. The summed E-state index contributed by atoms with van der Waals surface area (Å²) in [4.78, 5) is 21.2. The molecule has 5 rings (SSSR count). The number of hydrogen-bond donors (Lipinski definition) is 1. The highest BCUT2D eigenvalue weighted by atomic mass is 32.2. The molecule has 1 aliphatic carbocycles. The first-order chi connectivity index (χ1) is 17.0. The maximum absolute atomic E-state index is 13.2. The molecule has 3 heterocycles. The highest BCUT2D eigenvalue weighted by molar-refractivity contribution is 7.92. The van der Waals surface area contributed by atoms with E-state index in [1.165, 1.54) is 23.5 Å². The van der Waals surface area contributed by atoms with Crippen LogP contribution < -0.4 is 5.32 Å². The zero-order chi connectivity index (χ0) is 24.3. The number of nitrogens with zero attached hydrogens (tertiary/aromatic N) is 4. The van der Waals surface area contributed by atoms with Crippen LogP contribution in [0, 0.1) is 0 Å².